The van der Waals surface area contributed by atoms with Crippen LogP contribution in [0.5, 0.6) is 0 Å². The van der Waals surface area contributed by atoms with Gasteiger partial charge in [-0.05, 0) is 31.7 Å². The van der Waals surface area contributed by atoms with E-state index in [1.807, 2.05) is 11.4 Å². The van der Waals surface area contributed by atoms with Crippen LogP contribution in [0.25, 0.3) is 0 Å². The highest BCUT2D eigenvalue weighted by atomic mass is 32.1. The van der Waals surface area contributed by atoms with Crippen molar-refractivity contribution in [2.24, 2.45) is 0 Å². The second-order valence-electron chi connectivity index (χ2n) is 4.09. The molecule has 1 fully saturated rings. The Labute approximate surface area is 103 Å². The molecule has 1 radical (unpaired) electrons. The lowest BCUT2D eigenvalue weighted by molar-refractivity contribution is 0.102. The van der Waals surface area contributed by atoms with Crippen LogP contribution >= 0.6 is 11.3 Å². The Morgan fingerprint density at radius 3 is 3.06 bits per heavy atom. The third-order valence-corrected chi connectivity index (χ3v) is 3.65. The van der Waals surface area contributed by atoms with Gasteiger partial charge in [0.05, 0.1) is 5.56 Å². The molecule has 5 heteroatoms. The van der Waals surface area contributed by atoms with Gasteiger partial charge in [-0.15, -0.1) is 11.3 Å². The molecule has 2 aromatic rings. The van der Waals surface area contributed by atoms with Crippen molar-refractivity contribution in [3.8, 4) is 0 Å². The van der Waals surface area contributed by atoms with E-state index in [0.717, 1.165) is 6.42 Å². The fourth-order valence-corrected chi connectivity index (χ4v) is 2.58. The van der Waals surface area contributed by atoms with Crippen molar-refractivity contribution in [3.63, 3.8) is 0 Å². The van der Waals surface area contributed by atoms with Crippen molar-refractivity contribution in [1.29, 1.82) is 0 Å². The number of nitrogens with one attached hydrogen (secondary N) is 1. The number of thiophene rings is 1. The van der Waals surface area contributed by atoms with Gasteiger partial charge in [-0.25, -0.2) is 0 Å². The number of hydrogen-bond acceptors (Lipinski definition) is 4. The maximum absolute atomic E-state index is 11.9. The number of rotatable bonds is 3. The highest BCUT2D eigenvalue weighted by Crippen LogP contribution is 2.41. The molecule has 1 aliphatic carbocycles. The average molecular weight is 247 g/mol. The van der Waals surface area contributed by atoms with Crippen LogP contribution in [0, 0.1) is 13.3 Å². The van der Waals surface area contributed by atoms with Crippen molar-refractivity contribution in [2.75, 3.05) is 5.32 Å². The molecule has 1 atom stereocenters. The summed E-state index contributed by atoms with van der Waals surface area (Å²) in [7, 11) is 0. The standard InChI is InChI=1S/C12H11N2O2S/c1-7-4-11(14-16-7)13-12(15)9-5-10(17-6-9)8-2-3-8/h2,4-6,8H,3H2,1H3,(H,13,14,15)/t8-/m1/s1. The average Bonchev–Trinajstić information content (AvgIpc) is 2.88. The summed E-state index contributed by atoms with van der Waals surface area (Å²) in [6, 6.07) is 3.64. The lowest BCUT2D eigenvalue weighted by atomic mass is 10.2. The highest BCUT2D eigenvalue weighted by molar-refractivity contribution is 7.10. The molecule has 2 aromatic heterocycles. The van der Waals surface area contributed by atoms with E-state index >= 15 is 0 Å². The summed E-state index contributed by atoms with van der Waals surface area (Å²) in [5.41, 5.74) is 0.686. The van der Waals surface area contributed by atoms with Crippen LogP contribution in [0.15, 0.2) is 22.0 Å². The molecule has 2 heterocycles. The molecule has 0 unspecified atom stereocenters. The molecular weight excluding hydrogens is 236 g/mol. The number of carbonyl (C=O) groups is 1. The quantitative estimate of drug-likeness (QED) is 0.907. The molecule has 1 aliphatic rings. The van der Waals surface area contributed by atoms with Crippen LogP contribution < -0.4 is 5.32 Å². The summed E-state index contributed by atoms with van der Waals surface area (Å²) in [4.78, 5) is 13.1. The molecule has 1 saturated carbocycles. The normalized spacial score (nSPS) is 14.9. The summed E-state index contributed by atoms with van der Waals surface area (Å²) >= 11 is 1.63. The zero-order valence-electron chi connectivity index (χ0n) is 9.27. The Morgan fingerprint density at radius 1 is 1.59 bits per heavy atom. The molecule has 0 spiro atoms. The smallest absolute Gasteiger partial charge is 0.257 e. The molecule has 3 rings (SSSR count). The van der Waals surface area contributed by atoms with Crippen LogP contribution in [0.3, 0.4) is 0 Å². The molecule has 1 amide bonds. The van der Waals surface area contributed by atoms with Gasteiger partial charge in [0, 0.05) is 16.3 Å². The fraction of sp³-hybridized carbons (Fsp3) is 0.250. The minimum absolute atomic E-state index is 0.138. The Bertz CT molecular complexity index is 554. The van der Waals surface area contributed by atoms with Gasteiger partial charge in [-0.2, -0.15) is 0 Å². The molecule has 4 nitrogen and oxygen atoms in total. The van der Waals surface area contributed by atoms with Gasteiger partial charge < -0.3 is 9.84 Å². The minimum Gasteiger partial charge on any atom is -0.360 e. The Kier molecular flexibility index (Phi) is 2.48. The molecule has 0 bridgehead atoms. The molecule has 0 aromatic carbocycles. The number of aromatic nitrogens is 1. The summed E-state index contributed by atoms with van der Waals surface area (Å²) in [6.45, 7) is 1.79. The van der Waals surface area contributed by atoms with Crippen LogP contribution in [0.1, 0.15) is 33.3 Å². The van der Waals surface area contributed by atoms with Crippen molar-refractivity contribution in [3.05, 3.63) is 40.1 Å². The Morgan fingerprint density at radius 2 is 2.41 bits per heavy atom. The summed E-state index contributed by atoms with van der Waals surface area (Å²) in [6.07, 6.45) is 3.36. The van der Waals surface area contributed by atoms with Crippen molar-refractivity contribution in [2.45, 2.75) is 19.3 Å². The van der Waals surface area contributed by atoms with Gasteiger partial charge >= 0.3 is 0 Å². The van der Waals surface area contributed by atoms with Gasteiger partial charge in [0.2, 0.25) is 0 Å². The zero-order valence-corrected chi connectivity index (χ0v) is 10.1. The first kappa shape index (κ1) is 10.5. The molecular formula is C12H11N2O2S. The molecule has 1 N–H and O–H groups in total. The second kappa shape index (κ2) is 4.00. The zero-order chi connectivity index (χ0) is 11.8. The van der Waals surface area contributed by atoms with Crippen LogP contribution in [0.2, 0.25) is 0 Å². The second-order valence-corrected chi connectivity index (χ2v) is 5.04. The van der Waals surface area contributed by atoms with Gasteiger partial charge in [0.25, 0.3) is 5.91 Å². The predicted octanol–water partition coefficient (Wildman–Crippen LogP) is 2.99. The number of hydrogen-bond donors (Lipinski definition) is 1. The van der Waals surface area contributed by atoms with Gasteiger partial charge in [-0.1, -0.05) is 5.16 Å². The maximum atomic E-state index is 11.9. The van der Waals surface area contributed by atoms with E-state index in [9.17, 15) is 4.79 Å². The molecule has 0 saturated heterocycles. The van der Waals surface area contributed by atoms with E-state index in [0.29, 0.717) is 23.1 Å². The number of nitrogens with zero attached hydrogens (tertiary/aromatic N) is 1. The Hall–Kier alpha value is -1.62. The summed E-state index contributed by atoms with van der Waals surface area (Å²) in [5, 5.41) is 8.31. The van der Waals surface area contributed by atoms with E-state index in [2.05, 4.69) is 16.9 Å². The predicted molar refractivity (Wildman–Crippen MR) is 65.2 cm³/mol. The third kappa shape index (κ3) is 2.24. The third-order valence-electron chi connectivity index (χ3n) is 2.59. The lowest BCUT2D eigenvalue weighted by Gasteiger charge is -1.96. The number of anilines is 1. The first-order valence-corrected chi connectivity index (χ1v) is 6.27. The van der Waals surface area contributed by atoms with Gasteiger partial charge in [0.15, 0.2) is 5.82 Å². The summed E-state index contributed by atoms with van der Waals surface area (Å²) < 4.78 is 4.89. The van der Waals surface area contributed by atoms with Crippen molar-refractivity contribution >= 4 is 23.1 Å². The van der Waals surface area contributed by atoms with Gasteiger partial charge in [0.1, 0.15) is 5.76 Å². The largest absolute Gasteiger partial charge is 0.360 e. The maximum Gasteiger partial charge on any atom is 0.257 e. The van der Waals surface area contributed by atoms with Gasteiger partial charge in [-0.3, -0.25) is 4.79 Å². The van der Waals surface area contributed by atoms with E-state index in [1.54, 1.807) is 24.3 Å². The topological polar surface area (TPSA) is 55.1 Å². The lowest BCUT2D eigenvalue weighted by Crippen LogP contribution is -2.10. The SMILES string of the molecule is Cc1cc(NC(=O)c2csc([C@@H]3[CH]C3)c2)no1. The first-order chi connectivity index (χ1) is 8.22. The van der Waals surface area contributed by atoms with E-state index in [-0.39, 0.29) is 5.91 Å². The monoisotopic (exact) mass is 247 g/mol. The molecule has 17 heavy (non-hydrogen) atoms. The van der Waals surface area contributed by atoms with Crippen LogP contribution in [-0.4, -0.2) is 11.1 Å². The van der Waals surface area contributed by atoms with Crippen molar-refractivity contribution in [1.82, 2.24) is 5.16 Å². The number of carbonyl (C=O) groups excluding carboxylic acids is 1. The fourth-order valence-electron chi connectivity index (χ4n) is 1.58. The van der Waals surface area contributed by atoms with Crippen molar-refractivity contribution < 1.29 is 9.32 Å². The molecule has 87 valence electrons. The van der Waals surface area contributed by atoms with E-state index in [1.165, 1.54) is 4.88 Å². The number of amides is 1. The highest BCUT2D eigenvalue weighted by Gasteiger charge is 2.26. The number of aryl methyl sites for hydroxylation is 1. The van der Waals surface area contributed by atoms with Crippen LogP contribution in [0.4, 0.5) is 5.82 Å². The van der Waals surface area contributed by atoms with E-state index < -0.39 is 0 Å². The molecule has 0 aliphatic heterocycles. The van der Waals surface area contributed by atoms with E-state index in [4.69, 9.17) is 4.52 Å². The first-order valence-electron chi connectivity index (χ1n) is 5.39. The summed E-state index contributed by atoms with van der Waals surface area (Å²) in [5.74, 6) is 1.56. The van der Waals surface area contributed by atoms with Crippen LogP contribution in [-0.2, 0) is 0 Å². The minimum atomic E-state index is -0.138. The Balaban J connectivity index is 1.72.